The minimum Gasteiger partial charge on any atom is -0.488 e. The van der Waals surface area contributed by atoms with Crippen molar-refractivity contribution in [1.29, 1.82) is 0 Å². The second kappa shape index (κ2) is 11.3. The van der Waals surface area contributed by atoms with E-state index >= 15 is 0 Å². The van der Waals surface area contributed by atoms with Gasteiger partial charge < -0.3 is 14.9 Å². The molecule has 3 aromatic rings. The van der Waals surface area contributed by atoms with Crippen LogP contribution in [0, 0.1) is 0 Å². The standard InChI is InChI=1S/C29H34O4/c1-5-21-9-7-8-10-24(21)26-15-29(27(28(32)6-2)14-25(26)19(3)4)33-18-20-11-12-22(16-30)23(13-20)17-31/h7-15,19,30-31H,5-6,16-18H2,1-4H3. The number of carbonyl (C=O) groups excluding carboxylic acids is 1. The topological polar surface area (TPSA) is 66.8 Å². The highest BCUT2D eigenvalue weighted by atomic mass is 16.5. The van der Waals surface area contributed by atoms with Crippen LogP contribution < -0.4 is 4.74 Å². The van der Waals surface area contributed by atoms with Crippen molar-refractivity contribution < 1.29 is 19.7 Å². The number of rotatable bonds is 10. The number of aliphatic hydroxyl groups is 2. The smallest absolute Gasteiger partial charge is 0.166 e. The second-order valence-corrected chi connectivity index (χ2v) is 8.59. The van der Waals surface area contributed by atoms with Gasteiger partial charge in [-0.15, -0.1) is 0 Å². The number of aryl methyl sites for hydroxylation is 1. The van der Waals surface area contributed by atoms with Crippen LogP contribution in [0.2, 0.25) is 0 Å². The van der Waals surface area contributed by atoms with Crippen molar-refractivity contribution in [1.82, 2.24) is 0 Å². The van der Waals surface area contributed by atoms with E-state index in [0.717, 1.165) is 23.1 Å². The molecule has 0 heterocycles. The molecule has 174 valence electrons. The van der Waals surface area contributed by atoms with Gasteiger partial charge >= 0.3 is 0 Å². The fourth-order valence-electron chi connectivity index (χ4n) is 4.16. The molecule has 0 aliphatic heterocycles. The summed E-state index contributed by atoms with van der Waals surface area (Å²) in [5.74, 6) is 0.873. The van der Waals surface area contributed by atoms with Gasteiger partial charge in [0.25, 0.3) is 0 Å². The van der Waals surface area contributed by atoms with Crippen LogP contribution >= 0.6 is 0 Å². The lowest BCUT2D eigenvalue weighted by Gasteiger charge is -2.20. The summed E-state index contributed by atoms with van der Waals surface area (Å²) in [6.07, 6.45) is 1.32. The van der Waals surface area contributed by atoms with Gasteiger partial charge in [-0.05, 0) is 69.5 Å². The Kier molecular flexibility index (Phi) is 8.43. The lowest BCUT2D eigenvalue weighted by Crippen LogP contribution is -2.07. The van der Waals surface area contributed by atoms with Crippen LogP contribution in [-0.4, -0.2) is 16.0 Å². The Hall–Kier alpha value is -2.95. The van der Waals surface area contributed by atoms with Gasteiger partial charge in [-0.2, -0.15) is 0 Å². The zero-order valence-corrected chi connectivity index (χ0v) is 20.0. The van der Waals surface area contributed by atoms with Crippen LogP contribution in [0.25, 0.3) is 11.1 Å². The van der Waals surface area contributed by atoms with Crippen LogP contribution in [-0.2, 0) is 26.2 Å². The van der Waals surface area contributed by atoms with Crippen molar-refractivity contribution >= 4 is 5.78 Å². The van der Waals surface area contributed by atoms with Crippen LogP contribution in [0.1, 0.15) is 78.2 Å². The number of carbonyl (C=O) groups is 1. The van der Waals surface area contributed by atoms with E-state index in [1.807, 2.05) is 37.3 Å². The zero-order valence-electron chi connectivity index (χ0n) is 20.0. The first-order chi connectivity index (χ1) is 15.9. The maximum atomic E-state index is 12.8. The molecule has 3 aromatic carbocycles. The molecule has 3 rings (SSSR count). The molecule has 2 N–H and O–H groups in total. The summed E-state index contributed by atoms with van der Waals surface area (Å²) >= 11 is 0. The van der Waals surface area contributed by atoms with Crippen molar-refractivity contribution in [2.75, 3.05) is 0 Å². The van der Waals surface area contributed by atoms with E-state index in [0.29, 0.717) is 28.9 Å². The number of ether oxygens (including phenoxy) is 1. The fraction of sp³-hybridized carbons (Fsp3) is 0.345. The third-order valence-electron chi connectivity index (χ3n) is 6.09. The molecule has 4 nitrogen and oxygen atoms in total. The van der Waals surface area contributed by atoms with Crippen molar-refractivity contribution in [3.8, 4) is 16.9 Å². The number of benzene rings is 3. The maximum Gasteiger partial charge on any atom is 0.166 e. The molecular weight excluding hydrogens is 412 g/mol. The minimum absolute atomic E-state index is 0.0499. The quantitative estimate of drug-likeness (QED) is 0.364. The van der Waals surface area contributed by atoms with Gasteiger partial charge in [-0.3, -0.25) is 4.79 Å². The summed E-state index contributed by atoms with van der Waals surface area (Å²) in [5, 5.41) is 19.1. The molecule has 0 aliphatic carbocycles. The number of ketones is 1. The molecule has 0 saturated heterocycles. The van der Waals surface area contributed by atoms with Crippen LogP contribution in [0.15, 0.2) is 54.6 Å². The van der Waals surface area contributed by atoms with E-state index in [2.05, 4.69) is 39.0 Å². The Labute approximate surface area is 196 Å². The Morgan fingerprint density at radius 1 is 0.879 bits per heavy atom. The molecule has 0 unspecified atom stereocenters. The van der Waals surface area contributed by atoms with E-state index < -0.39 is 0 Å². The van der Waals surface area contributed by atoms with Gasteiger partial charge in [0.2, 0.25) is 0 Å². The summed E-state index contributed by atoms with van der Waals surface area (Å²) < 4.78 is 6.22. The second-order valence-electron chi connectivity index (χ2n) is 8.59. The predicted octanol–water partition coefficient (Wildman–Crippen LogP) is 6.20. The van der Waals surface area contributed by atoms with Crippen molar-refractivity contribution in [2.24, 2.45) is 0 Å². The van der Waals surface area contributed by atoms with E-state index in [1.54, 1.807) is 6.07 Å². The summed E-state index contributed by atoms with van der Waals surface area (Å²) in [5.41, 5.74) is 7.50. The van der Waals surface area contributed by atoms with Gasteiger partial charge in [-0.1, -0.05) is 64.1 Å². The molecule has 0 aromatic heterocycles. The van der Waals surface area contributed by atoms with Crippen molar-refractivity contribution in [3.05, 3.63) is 88.0 Å². The van der Waals surface area contributed by atoms with Gasteiger partial charge in [-0.25, -0.2) is 0 Å². The third kappa shape index (κ3) is 5.52. The van der Waals surface area contributed by atoms with Crippen LogP contribution in [0.4, 0.5) is 0 Å². The Morgan fingerprint density at radius 2 is 1.61 bits per heavy atom. The van der Waals surface area contributed by atoms with Crippen molar-refractivity contribution in [3.63, 3.8) is 0 Å². The molecule has 0 bridgehead atoms. The molecular formula is C29H34O4. The number of hydrogen-bond acceptors (Lipinski definition) is 4. The largest absolute Gasteiger partial charge is 0.488 e. The molecule has 0 radical (unpaired) electrons. The molecule has 0 spiro atoms. The summed E-state index contributed by atoms with van der Waals surface area (Å²) in [6, 6.07) is 17.9. The maximum absolute atomic E-state index is 12.8. The van der Waals surface area contributed by atoms with E-state index in [4.69, 9.17) is 4.74 Å². The van der Waals surface area contributed by atoms with E-state index in [-0.39, 0.29) is 31.5 Å². The van der Waals surface area contributed by atoms with Crippen LogP contribution in [0.3, 0.4) is 0 Å². The van der Waals surface area contributed by atoms with Gasteiger partial charge in [0.05, 0.1) is 18.8 Å². The Morgan fingerprint density at radius 3 is 2.24 bits per heavy atom. The average molecular weight is 447 g/mol. The molecule has 0 atom stereocenters. The highest BCUT2D eigenvalue weighted by Crippen LogP contribution is 2.37. The van der Waals surface area contributed by atoms with E-state index in [9.17, 15) is 15.0 Å². The Bertz CT molecular complexity index is 1110. The lowest BCUT2D eigenvalue weighted by molar-refractivity contribution is 0.0983. The molecule has 4 heteroatoms. The highest BCUT2D eigenvalue weighted by Gasteiger charge is 2.20. The molecule has 0 saturated carbocycles. The summed E-state index contributed by atoms with van der Waals surface area (Å²) in [6.45, 7) is 8.30. The highest BCUT2D eigenvalue weighted by molar-refractivity contribution is 5.99. The average Bonchev–Trinajstić information content (AvgIpc) is 2.85. The summed E-state index contributed by atoms with van der Waals surface area (Å²) in [7, 11) is 0. The van der Waals surface area contributed by atoms with Gasteiger partial charge in [0, 0.05) is 6.42 Å². The monoisotopic (exact) mass is 446 g/mol. The first-order valence-corrected chi connectivity index (χ1v) is 11.7. The van der Waals surface area contributed by atoms with Gasteiger partial charge in [0.15, 0.2) is 5.78 Å². The normalized spacial score (nSPS) is 11.1. The number of Topliss-reactive ketones (excluding diaryl/α,β-unsaturated/α-hetero) is 1. The predicted molar refractivity (Wildman–Crippen MR) is 133 cm³/mol. The van der Waals surface area contributed by atoms with Crippen molar-refractivity contribution in [2.45, 2.75) is 66.3 Å². The number of hydrogen-bond donors (Lipinski definition) is 2. The molecule has 0 fully saturated rings. The zero-order chi connectivity index (χ0) is 24.0. The SMILES string of the molecule is CCC(=O)c1cc(C(C)C)c(-c2ccccc2CC)cc1OCc1ccc(CO)c(CO)c1. The number of aliphatic hydroxyl groups excluding tert-OH is 2. The Balaban J connectivity index is 2.08. The molecule has 0 amide bonds. The van der Waals surface area contributed by atoms with E-state index in [1.165, 1.54) is 11.1 Å². The van der Waals surface area contributed by atoms with Crippen LogP contribution in [0.5, 0.6) is 5.75 Å². The fourth-order valence-corrected chi connectivity index (χ4v) is 4.16. The van der Waals surface area contributed by atoms with Gasteiger partial charge in [0.1, 0.15) is 12.4 Å². The first-order valence-electron chi connectivity index (χ1n) is 11.7. The first kappa shape index (κ1) is 24.7. The molecule has 0 aliphatic rings. The third-order valence-corrected chi connectivity index (χ3v) is 6.09. The lowest BCUT2D eigenvalue weighted by atomic mass is 9.87. The summed E-state index contributed by atoms with van der Waals surface area (Å²) in [4.78, 5) is 12.8. The molecule has 33 heavy (non-hydrogen) atoms. The minimum atomic E-state index is -0.148.